The molecule has 1 amide bonds. The van der Waals surface area contributed by atoms with Gasteiger partial charge < -0.3 is 44.0 Å². The molecule has 0 saturated heterocycles. The average molecular weight is 605 g/mol. The van der Waals surface area contributed by atoms with Crippen LogP contribution in [0.15, 0.2) is 0 Å². The summed E-state index contributed by atoms with van der Waals surface area (Å²) in [5.74, 6) is 3.70. The van der Waals surface area contributed by atoms with Gasteiger partial charge in [0.25, 0.3) is 0 Å². The Hall–Kier alpha value is 0.0800. The maximum atomic E-state index is 12.5. The minimum atomic E-state index is -0.241. The number of nitrogens with zero attached hydrogens (tertiary/aromatic N) is 1. The largest absolute Gasteiger partial charge is 1.00 e. The Balaban J connectivity index is 0.00000342. The molecule has 4 aliphatic rings. The first kappa shape index (κ1) is 29.6. The predicted molar refractivity (Wildman–Crippen MR) is 137 cm³/mol. The third kappa shape index (κ3) is 5.75. The van der Waals surface area contributed by atoms with Gasteiger partial charge in [0.1, 0.15) is 0 Å². The van der Waals surface area contributed by atoms with Gasteiger partial charge >= 0.3 is 0 Å². The molecule has 4 rings (SSSR count). The molecule has 35 heavy (non-hydrogen) atoms. The van der Waals surface area contributed by atoms with Crippen molar-refractivity contribution >= 4 is 5.91 Å². The maximum absolute atomic E-state index is 12.5. The van der Waals surface area contributed by atoms with Gasteiger partial charge in [0, 0.05) is 6.42 Å². The molecule has 4 fully saturated rings. The van der Waals surface area contributed by atoms with Gasteiger partial charge in [-0.15, -0.1) is 0 Å². The Labute approximate surface area is 231 Å². The minimum absolute atomic E-state index is 0. The average Bonchev–Trinajstić information content (AvgIpc) is 3.11. The van der Waals surface area contributed by atoms with E-state index in [-0.39, 0.29) is 52.9 Å². The van der Waals surface area contributed by atoms with E-state index in [9.17, 15) is 15.0 Å². The highest BCUT2D eigenvalue weighted by Crippen LogP contribution is 2.68. The molecule has 4 saturated carbocycles. The van der Waals surface area contributed by atoms with Gasteiger partial charge in [0.05, 0.1) is 46.4 Å². The zero-order chi connectivity index (χ0) is 24.9. The molecule has 204 valence electrons. The molecule has 0 aromatic heterocycles. The lowest BCUT2D eigenvalue weighted by atomic mass is 9.43. The van der Waals surface area contributed by atoms with Crippen molar-refractivity contribution in [2.24, 2.45) is 46.3 Å². The summed E-state index contributed by atoms with van der Waals surface area (Å²) in [5.41, 5.74) is 0.274. The summed E-state index contributed by atoms with van der Waals surface area (Å²) in [7, 11) is 6.45. The van der Waals surface area contributed by atoms with E-state index in [2.05, 4.69) is 47.2 Å². The topological polar surface area (TPSA) is 69.6 Å². The number of quaternary nitrogens is 1. The van der Waals surface area contributed by atoms with E-state index in [0.717, 1.165) is 55.6 Å². The predicted octanol–water partition coefficient (Wildman–Crippen LogP) is 1.22. The number of fused-ring (bicyclic) bond motifs is 5. The fourth-order valence-electron chi connectivity index (χ4n) is 9.34. The van der Waals surface area contributed by atoms with Crippen LogP contribution in [0.1, 0.15) is 85.0 Å². The quantitative estimate of drug-likeness (QED) is 0.303. The lowest BCUT2D eigenvalue weighted by Crippen LogP contribution is -3.00. The van der Waals surface area contributed by atoms with Crippen molar-refractivity contribution in [3.8, 4) is 0 Å². The molecule has 0 bridgehead atoms. The van der Waals surface area contributed by atoms with Crippen molar-refractivity contribution in [2.45, 2.75) is 97.2 Å². The Morgan fingerprint density at radius 2 is 1.74 bits per heavy atom. The Bertz CT molecular complexity index is 742. The molecule has 5 unspecified atom stereocenters. The fraction of sp³-hybridized carbons (Fsp3) is 0.966. The van der Waals surface area contributed by atoms with Gasteiger partial charge in [-0.2, -0.15) is 0 Å². The number of halogens is 1. The molecule has 0 aromatic rings. The standard InChI is InChI=1S/C29H52N2O3.HI/c1-19(7-12-27(34)30-15-16-31(4,5)6)23-10-11-24-22-9-8-20-17-21(32)13-14-28(20,2)25(22)18-26(33)29(23,24)3;/h19-26,32-33H,7-18H2,1-6H3;1H/t19?,20?,21-,22?,23-,24?,25?,26+,28+,29-;/m1./s1. The molecule has 0 aliphatic heterocycles. The summed E-state index contributed by atoms with van der Waals surface area (Å²) in [5, 5.41) is 25.1. The number of aliphatic hydroxyl groups is 2. The van der Waals surface area contributed by atoms with E-state index in [1.807, 2.05) is 0 Å². The third-order valence-corrected chi connectivity index (χ3v) is 11.4. The summed E-state index contributed by atoms with van der Waals surface area (Å²) >= 11 is 0. The van der Waals surface area contributed by atoms with Crippen LogP contribution in [0.25, 0.3) is 0 Å². The summed E-state index contributed by atoms with van der Waals surface area (Å²) in [4.78, 5) is 12.5. The van der Waals surface area contributed by atoms with E-state index >= 15 is 0 Å². The highest BCUT2D eigenvalue weighted by atomic mass is 127. The number of rotatable bonds is 7. The first-order chi connectivity index (χ1) is 15.9. The maximum Gasteiger partial charge on any atom is 0.220 e. The number of hydrogen-bond acceptors (Lipinski definition) is 3. The van der Waals surface area contributed by atoms with Gasteiger partial charge in [0.15, 0.2) is 0 Å². The number of likely N-dealkylation sites (N-methyl/N-ethyl adjacent to an activating group) is 1. The lowest BCUT2D eigenvalue weighted by molar-refractivity contribution is -0.869. The number of amides is 1. The van der Waals surface area contributed by atoms with Crippen LogP contribution in [-0.2, 0) is 4.79 Å². The van der Waals surface area contributed by atoms with Crippen molar-refractivity contribution in [1.82, 2.24) is 5.32 Å². The van der Waals surface area contributed by atoms with E-state index in [0.29, 0.717) is 36.0 Å². The van der Waals surface area contributed by atoms with Gasteiger partial charge in [-0.05, 0) is 104 Å². The van der Waals surface area contributed by atoms with Crippen LogP contribution in [0, 0.1) is 46.3 Å². The molecular weight excluding hydrogens is 551 g/mol. The van der Waals surface area contributed by atoms with Gasteiger partial charge in [-0.25, -0.2) is 0 Å². The fourth-order valence-corrected chi connectivity index (χ4v) is 9.34. The van der Waals surface area contributed by atoms with Crippen LogP contribution in [0.5, 0.6) is 0 Å². The van der Waals surface area contributed by atoms with Gasteiger partial charge in [-0.3, -0.25) is 4.79 Å². The van der Waals surface area contributed by atoms with Crippen molar-refractivity contribution in [1.29, 1.82) is 0 Å². The first-order valence-corrected chi connectivity index (χ1v) is 14.3. The second-order valence-electron chi connectivity index (χ2n) is 14.3. The van der Waals surface area contributed by atoms with Crippen LogP contribution < -0.4 is 29.3 Å². The molecule has 4 aliphatic carbocycles. The summed E-state index contributed by atoms with van der Waals surface area (Å²) in [6, 6.07) is 0. The van der Waals surface area contributed by atoms with E-state index in [1.54, 1.807) is 0 Å². The van der Waals surface area contributed by atoms with Crippen LogP contribution in [0.3, 0.4) is 0 Å². The lowest BCUT2D eigenvalue weighted by Gasteiger charge is -2.62. The SMILES string of the molecule is CC(CCC(=O)NCC[N+](C)(C)C)[C@H]1CCC2C3CCC4C[C@H](O)CC[C@]4(C)C3C[C@H](O)[C@@]21C.[I-]. The molecule has 0 radical (unpaired) electrons. The second-order valence-corrected chi connectivity index (χ2v) is 14.3. The third-order valence-electron chi connectivity index (χ3n) is 11.4. The molecular formula is C29H53IN2O3. The molecule has 6 heteroatoms. The number of carbonyl (C=O) groups is 1. The number of aliphatic hydroxyl groups excluding tert-OH is 2. The second kappa shape index (κ2) is 11.1. The molecule has 3 N–H and O–H groups in total. The van der Waals surface area contributed by atoms with Crippen molar-refractivity contribution < 1.29 is 43.5 Å². The highest BCUT2D eigenvalue weighted by molar-refractivity contribution is 5.75. The number of carbonyl (C=O) groups excluding carboxylic acids is 1. The monoisotopic (exact) mass is 604 g/mol. The van der Waals surface area contributed by atoms with Crippen LogP contribution in [0.4, 0.5) is 0 Å². The van der Waals surface area contributed by atoms with Crippen LogP contribution in [-0.4, -0.2) is 67.0 Å². The molecule has 0 heterocycles. The molecule has 0 aromatic carbocycles. The van der Waals surface area contributed by atoms with Crippen LogP contribution >= 0.6 is 0 Å². The van der Waals surface area contributed by atoms with E-state index in [4.69, 9.17) is 0 Å². The zero-order valence-electron chi connectivity index (χ0n) is 23.2. The Morgan fingerprint density at radius 3 is 2.43 bits per heavy atom. The van der Waals surface area contributed by atoms with Crippen molar-refractivity contribution in [2.75, 3.05) is 34.2 Å². The highest BCUT2D eigenvalue weighted by Gasteiger charge is 2.63. The zero-order valence-corrected chi connectivity index (χ0v) is 25.4. The smallest absolute Gasteiger partial charge is 0.220 e. The van der Waals surface area contributed by atoms with Crippen molar-refractivity contribution in [3.63, 3.8) is 0 Å². The summed E-state index contributed by atoms with van der Waals surface area (Å²) < 4.78 is 0.860. The molecule has 5 nitrogen and oxygen atoms in total. The number of hydrogen-bond donors (Lipinski definition) is 3. The van der Waals surface area contributed by atoms with Crippen molar-refractivity contribution in [3.05, 3.63) is 0 Å². The Kier molecular flexibility index (Phi) is 9.36. The van der Waals surface area contributed by atoms with Gasteiger partial charge in [0.2, 0.25) is 5.91 Å². The van der Waals surface area contributed by atoms with E-state index in [1.165, 1.54) is 25.7 Å². The van der Waals surface area contributed by atoms with Gasteiger partial charge in [-0.1, -0.05) is 20.8 Å². The number of nitrogens with one attached hydrogen (secondary N) is 1. The normalized spacial score (nSPS) is 43.8. The summed E-state index contributed by atoms with van der Waals surface area (Å²) in [6.45, 7) is 8.89. The molecule has 10 atom stereocenters. The first-order valence-electron chi connectivity index (χ1n) is 14.3. The minimum Gasteiger partial charge on any atom is -1.00 e. The molecule has 0 spiro atoms. The van der Waals surface area contributed by atoms with E-state index < -0.39 is 0 Å². The van der Waals surface area contributed by atoms with Crippen LogP contribution in [0.2, 0.25) is 0 Å². The summed E-state index contributed by atoms with van der Waals surface area (Å²) in [6.07, 6.45) is 10.1. The Morgan fingerprint density at radius 1 is 1.03 bits per heavy atom.